The van der Waals surface area contributed by atoms with Gasteiger partial charge in [-0.3, -0.25) is 4.79 Å². The summed E-state index contributed by atoms with van der Waals surface area (Å²) in [4.78, 5) is 12.8. The van der Waals surface area contributed by atoms with Crippen LogP contribution in [0.4, 0.5) is 5.69 Å². The Bertz CT molecular complexity index is 959. The Morgan fingerprint density at radius 1 is 1.17 bits per heavy atom. The molecule has 0 heterocycles. The number of aryl methyl sites for hydroxylation is 2. The summed E-state index contributed by atoms with van der Waals surface area (Å²) in [5.74, 6) is 0.290. The fourth-order valence-corrected chi connectivity index (χ4v) is 3.79. The predicted molar refractivity (Wildman–Crippen MR) is 119 cm³/mol. The van der Waals surface area contributed by atoms with Gasteiger partial charge in [-0.15, -0.1) is 0 Å². The highest BCUT2D eigenvalue weighted by atomic mass is 16.5. The molecule has 5 heteroatoms. The molecule has 1 aliphatic carbocycles. The Hall–Kier alpha value is -3.26. The molecule has 1 unspecified atom stereocenters. The molecule has 1 aliphatic rings. The second-order valence-corrected chi connectivity index (χ2v) is 7.41. The summed E-state index contributed by atoms with van der Waals surface area (Å²) in [5.41, 5.74) is 4.63. The number of hydrogen-bond acceptors (Lipinski definition) is 4. The SMILES string of the molecule is CCOc1ccccc1N/C=C(/C#N)C(=O)NC(CC)c1ccc2c(c1)CCCC2. The summed E-state index contributed by atoms with van der Waals surface area (Å²) < 4.78 is 5.57. The maximum absolute atomic E-state index is 12.8. The zero-order valence-electron chi connectivity index (χ0n) is 17.7. The highest BCUT2D eigenvalue weighted by Gasteiger charge is 2.18. The molecule has 1 atom stereocenters. The molecule has 0 radical (unpaired) electrons. The van der Waals surface area contributed by atoms with Gasteiger partial charge in [0.05, 0.1) is 18.3 Å². The summed E-state index contributed by atoms with van der Waals surface area (Å²) in [5, 5.41) is 15.6. The molecule has 0 aromatic heterocycles. The molecular weight excluding hydrogens is 374 g/mol. The molecule has 2 aromatic carbocycles. The normalized spacial score (nSPS) is 14.2. The summed E-state index contributed by atoms with van der Waals surface area (Å²) in [6.07, 6.45) is 6.89. The van der Waals surface area contributed by atoms with Crippen molar-refractivity contribution in [2.24, 2.45) is 0 Å². The fraction of sp³-hybridized carbons (Fsp3) is 0.360. The third-order valence-corrected chi connectivity index (χ3v) is 5.41. The first kappa shape index (κ1) is 21.4. The number of carbonyl (C=O) groups is 1. The number of nitrogens with zero attached hydrogens (tertiary/aromatic N) is 1. The molecule has 0 saturated carbocycles. The Morgan fingerprint density at radius 3 is 2.67 bits per heavy atom. The van der Waals surface area contributed by atoms with Crippen LogP contribution < -0.4 is 15.4 Å². The second-order valence-electron chi connectivity index (χ2n) is 7.41. The van der Waals surface area contributed by atoms with Crippen molar-refractivity contribution in [3.63, 3.8) is 0 Å². The van der Waals surface area contributed by atoms with E-state index in [2.05, 4.69) is 28.8 Å². The van der Waals surface area contributed by atoms with E-state index in [1.165, 1.54) is 30.2 Å². The lowest BCUT2D eigenvalue weighted by atomic mass is 9.88. The highest BCUT2D eigenvalue weighted by molar-refractivity contribution is 5.97. The first-order valence-electron chi connectivity index (χ1n) is 10.7. The maximum Gasteiger partial charge on any atom is 0.263 e. The minimum absolute atomic E-state index is 0.0257. The minimum Gasteiger partial charge on any atom is -0.492 e. The number of nitrogens with one attached hydrogen (secondary N) is 2. The van der Waals surface area contributed by atoms with Crippen LogP contribution in [0.25, 0.3) is 0 Å². The van der Waals surface area contributed by atoms with Gasteiger partial charge in [-0.25, -0.2) is 0 Å². The van der Waals surface area contributed by atoms with Crippen LogP contribution >= 0.6 is 0 Å². The lowest BCUT2D eigenvalue weighted by Gasteiger charge is -2.21. The molecule has 156 valence electrons. The van der Waals surface area contributed by atoms with Gasteiger partial charge < -0.3 is 15.4 Å². The molecule has 5 nitrogen and oxygen atoms in total. The fourth-order valence-electron chi connectivity index (χ4n) is 3.79. The van der Waals surface area contributed by atoms with E-state index >= 15 is 0 Å². The zero-order chi connectivity index (χ0) is 21.3. The van der Waals surface area contributed by atoms with Crippen molar-refractivity contribution >= 4 is 11.6 Å². The van der Waals surface area contributed by atoms with E-state index in [0.29, 0.717) is 18.0 Å². The maximum atomic E-state index is 12.8. The predicted octanol–water partition coefficient (Wildman–Crippen LogP) is 5.05. The molecular formula is C25H29N3O2. The topological polar surface area (TPSA) is 74.1 Å². The summed E-state index contributed by atoms with van der Waals surface area (Å²) in [6.45, 7) is 4.48. The van der Waals surface area contributed by atoms with E-state index in [-0.39, 0.29) is 17.5 Å². The van der Waals surface area contributed by atoms with Gasteiger partial charge in [0, 0.05) is 6.20 Å². The zero-order valence-corrected chi connectivity index (χ0v) is 17.7. The Balaban J connectivity index is 1.72. The second kappa shape index (κ2) is 10.5. The van der Waals surface area contributed by atoms with Gasteiger partial charge in [-0.05, 0) is 67.9 Å². The quantitative estimate of drug-likeness (QED) is 0.478. The van der Waals surface area contributed by atoms with Crippen LogP contribution in [-0.4, -0.2) is 12.5 Å². The van der Waals surface area contributed by atoms with Crippen LogP contribution in [0.1, 0.15) is 55.8 Å². The number of ether oxygens (including phenoxy) is 1. The Labute approximate surface area is 178 Å². The van der Waals surface area contributed by atoms with E-state index in [4.69, 9.17) is 4.74 Å². The molecule has 3 rings (SSSR count). The standard InChI is InChI=1S/C25H29N3O2/c1-3-22(20-14-13-18-9-5-6-10-19(18)15-20)28-25(29)21(16-26)17-27-23-11-7-8-12-24(23)30-4-2/h7-8,11-15,17,22,27H,3-6,9-10H2,1-2H3,(H,28,29)/b21-17-. The van der Waals surface area contributed by atoms with Crippen LogP contribution in [0.3, 0.4) is 0 Å². The molecule has 1 amide bonds. The average Bonchev–Trinajstić information content (AvgIpc) is 2.78. The van der Waals surface area contributed by atoms with Crippen LogP contribution in [0.5, 0.6) is 5.75 Å². The molecule has 2 aromatic rings. The van der Waals surface area contributed by atoms with Crippen molar-refractivity contribution in [3.8, 4) is 11.8 Å². The van der Waals surface area contributed by atoms with Crippen molar-refractivity contribution in [2.75, 3.05) is 11.9 Å². The van der Waals surface area contributed by atoms with Crippen LogP contribution in [-0.2, 0) is 17.6 Å². The molecule has 30 heavy (non-hydrogen) atoms. The smallest absolute Gasteiger partial charge is 0.263 e. The first-order chi connectivity index (χ1) is 14.7. The third kappa shape index (κ3) is 5.21. The average molecular weight is 404 g/mol. The van der Waals surface area contributed by atoms with Crippen molar-refractivity contribution < 1.29 is 9.53 Å². The van der Waals surface area contributed by atoms with Gasteiger partial charge in [-0.1, -0.05) is 37.3 Å². The number of fused-ring (bicyclic) bond motifs is 1. The molecule has 0 fully saturated rings. The first-order valence-corrected chi connectivity index (χ1v) is 10.7. The van der Waals surface area contributed by atoms with Gasteiger partial charge in [0.15, 0.2) is 0 Å². The van der Waals surface area contributed by atoms with Crippen LogP contribution in [0.15, 0.2) is 54.2 Å². The van der Waals surface area contributed by atoms with Gasteiger partial charge >= 0.3 is 0 Å². The number of anilines is 1. The van der Waals surface area contributed by atoms with Gasteiger partial charge in [-0.2, -0.15) is 5.26 Å². The summed E-state index contributed by atoms with van der Waals surface area (Å²) in [7, 11) is 0. The number of hydrogen-bond donors (Lipinski definition) is 2. The lowest BCUT2D eigenvalue weighted by Crippen LogP contribution is -2.29. The molecule has 0 spiro atoms. The van der Waals surface area contributed by atoms with Crippen LogP contribution in [0.2, 0.25) is 0 Å². The van der Waals surface area contributed by atoms with Crippen molar-refractivity contribution in [1.82, 2.24) is 5.32 Å². The van der Waals surface area contributed by atoms with E-state index in [1.54, 1.807) is 0 Å². The Morgan fingerprint density at radius 2 is 1.93 bits per heavy atom. The van der Waals surface area contributed by atoms with Gasteiger partial charge in [0.1, 0.15) is 17.4 Å². The third-order valence-electron chi connectivity index (χ3n) is 5.41. The molecule has 0 bridgehead atoms. The van der Waals surface area contributed by atoms with Crippen molar-refractivity contribution in [3.05, 3.63) is 70.9 Å². The number of para-hydroxylation sites is 2. The van der Waals surface area contributed by atoms with Gasteiger partial charge in [0.25, 0.3) is 5.91 Å². The molecule has 0 aliphatic heterocycles. The summed E-state index contributed by atoms with van der Waals surface area (Å²) in [6, 6.07) is 15.8. The van der Waals surface area contributed by atoms with E-state index < -0.39 is 0 Å². The van der Waals surface area contributed by atoms with Crippen molar-refractivity contribution in [2.45, 2.75) is 52.0 Å². The monoisotopic (exact) mass is 403 g/mol. The number of benzene rings is 2. The van der Waals surface area contributed by atoms with E-state index in [0.717, 1.165) is 24.8 Å². The van der Waals surface area contributed by atoms with E-state index in [9.17, 15) is 10.1 Å². The highest BCUT2D eigenvalue weighted by Crippen LogP contribution is 2.27. The Kier molecular flexibility index (Phi) is 7.51. The number of carbonyl (C=O) groups excluding carboxylic acids is 1. The molecule has 2 N–H and O–H groups in total. The number of amides is 1. The van der Waals surface area contributed by atoms with E-state index in [1.807, 2.05) is 44.2 Å². The van der Waals surface area contributed by atoms with Gasteiger partial charge in [0.2, 0.25) is 0 Å². The lowest BCUT2D eigenvalue weighted by molar-refractivity contribution is -0.117. The van der Waals surface area contributed by atoms with Crippen LogP contribution in [0, 0.1) is 11.3 Å². The number of rotatable bonds is 8. The molecule has 0 saturated heterocycles. The largest absolute Gasteiger partial charge is 0.492 e. The number of nitriles is 1. The minimum atomic E-state index is -0.386. The summed E-state index contributed by atoms with van der Waals surface area (Å²) >= 11 is 0. The van der Waals surface area contributed by atoms with Crippen molar-refractivity contribution in [1.29, 1.82) is 5.26 Å².